The minimum Gasteiger partial charge on any atom is -0.300 e. The van der Waals surface area contributed by atoms with E-state index in [9.17, 15) is 13.2 Å². The first-order chi connectivity index (χ1) is 12.6. The van der Waals surface area contributed by atoms with Crippen LogP contribution in [-0.4, -0.2) is 26.1 Å². The number of anilines is 1. The van der Waals surface area contributed by atoms with Gasteiger partial charge in [-0.1, -0.05) is 50.6 Å². The molecule has 0 aromatic heterocycles. The average molecular weight is 404 g/mol. The minimum atomic E-state index is -3.31. The van der Waals surface area contributed by atoms with E-state index in [4.69, 9.17) is 11.6 Å². The Kier molecular flexibility index (Phi) is 5.19. The van der Waals surface area contributed by atoms with Gasteiger partial charge < -0.3 is 4.90 Å². The highest BCUT2D eigenvalue weighted by Crippen LogP contribution is 2.28. The second-order valence-corrected chi connectivity index (χ2v) is 10.1. The number of carbonyl (C=O) groups excluding carboxylic acids is 1. The highest BCUT2D eigenvalue weighted by molar-refractivity contribution is 7.94. The first-order valence-electron chi connectivity index (χ1n) is 8.67. The summed E-state index contributed by atoms with van der Waals surface area (Å²) in [7, 11) is -3.31. The summed E-state index contributed by atoms with van der Waals surface area (Å²) >= 11 is 6.10. The Morgan fingerprint density at radius 2 is 1.78 bits per heavy atom. The van der Waals surface area contributed by atoms with Gasteiger partial charge in [0.1, 0.15) is 0 Å². The van der Waals surface area contributed by atoms with E-state index in [0.29, 0.717) is 16.3 Å². The second kappa shape index (κ2) is 7.13. The van der Waals surface area contributed by atoms with E-state index in [-0.39, 0.29) is 17.1 Å². The van der Waals surface area contributed by atoms with E-state index in [1.807, 2.05) is 12.1 Å². The van der Waals surface area contributed by atoms with Crippen LogP contribution in [0.15, 0.2) is 60.0 Å². The van der Waals surface area contributed by atoms with Gasteiger partial charge in [0.05, 0.1) is 11.8 Å². The number of nitrogens with zero attached hydrogens (tertiary/aromatic N) is 1. The Morgan fingerprint density at radius 1 is 1.11 bits per heavy atom. The minimum absolute atomic E-state index is 0.0174. The zero-order valence-corrected chi connectivity index (χ0v) is 17.1. The van der Waals surface area contributed by atoms with Crippen molar-refractivity contribution in [2.45, 2.75) is 32.2 Å². The van der Waals surface area contributed by atoms with E-state index in [2.05, 4.69) is 20.8 Å². The maximum Gasteiger partial charge on any atom is 0.258 e. The molecule has 0 saturated heterocycles. The summed E-state index contributed by atoms with van der Waals surface area (Å²) in [6.45, 7) is 6.32. The molecule has 1 aliphatic heterocycles. The van der Waals surface area contributed by atoms with Gasteiger partial charge in [-0.25, -0.2) is 8.42 Å². The lowest BCUT2D eigenvalue weighted by atomic mass is 9.86. The molecule has 0 aliphatic carbocycles. The molecule has 0 fully saturated rings. The molecule has 1 amide bonds. The summed E-state index contributed by atoms with van der Waals surface area (Å²) in [5.41, 5.74) is 2.17. The molecule has 2 aromatic carbocycles. The van der Waals surface area contributed by atoms with Gasteiger partial charge in [0, 0.05) is 21.7 Å². The van der Waals surface area contributed by atoms with Crippen LogP contribution < -0.4 is 4.90 Å². The predicted molar refractivity (Wildman–Crippen MR) is 110 cm³/mol. The van der Waals surface area contributed by atoms with Gasteiger partial charge in [-0.05, 0) is 47.4 Å². The number of sulfone groups is 1. The summed E-state index contributed by atoms with van der Waals surface area (Å²) in [6.07, 6.45) is 1.55. The number of rotatable bonds is 3. The second-order valence-electron chi connectivity index (χ2n) is 7.71. The molecule has 1 atom stereocenters. The summed E-state index contributed by atoms with van der Waals surface area (Å²) < 4.78 is 23.8. The van der Waals surface area contributed by atoms with Crippen molar-refractivity contribution in [1.29, 1.82) is 0 Å². The lowest BCUT2D eigenvalue weighted by molar-refractivity contribution is 0.0983. The molecule has 0 spiro atoms. The van der Waals surface area contributed by atoms with Crippen molar-refractivity contribution in [1.82, 2.24) is 0 Å². The van der Waals surface area contributed by atoms with Gasteiger partial charge >= 0.3 is 0 Å². The average Bonchev–Trinajstić information content (AvgIpc) is 2.94. The van der Waals surface area contributed by atoms with Crippen LogP contribution in [0.4, 0.5) is 5.69 Å². The standard InChI is InChI=1S/C21H22ClNO3S/c1-21(2,3)16-9-7-15(8-10-16)20(24)23(18-6-4-5-17(22)13-18)19-11-12-27(25,26)14-19/h4-13,19H,14H2,1-3H3. The number of halogens is 1. The van der Waals surface area contributed by atoms with Crippen molar-refractivity contribution >= 4 is 33.0 Å². The first-order valence-corrected chi connectivity index (χ1v) is 10.8. The number of hydrogen-bond donors (Lipinski definition) is 0. The van der Waals surface area contributed by atoms with Crippen LogP contribution in [0.25, 0.3) is 0 Å². The molecule has 2 aromatic rings. The Hall–Kier alpha value is -2.11. The SMILES string of the molecule is CC(C)(C)c1ccc(C(=O)N(c2cccc(Cl)c2)C2C=CS(=O)(=O)C2)cc1. The van der Waals surface area contributed by atoms with Gasteiger partial charge in [0.25, 0.3) is 5.91 Å². The fourth-order valence-electron chi connectivity index (χ4n) is 3.06. The third kappa shape index (κ3) is 4.42. The molecule has 1 unspecified atom stereocenters. The zero-order chi connectivity index (χ0) is 19.8. The summed E-state index contributed by atoms with van der Waals surface area (Å²) in [5, 5.41) is 1.66. The van der Waals surface area contributed by atoms with Crippen molar-refractivity contribution in [3.63, 3.8) is 0 Å². The maximum atomic E-state index is 13.3. The molecule has 1 aliphatic rings. The molecule has 0 bridgehead atoms. The molecule has 6 heteroatoms. The van der Waals surface area contributed by atoms with Crippen LogP contribution in [0.2, 0.25) is 5.02 Å². The van der Waals surface area contributed by atoms with Crippen LogP contribution in [0.5, 0.6) is 0 Å². The Bertz CT molecular complexity index is 989. The monoisotopic (exact) mass is 403 g/mol. The zero-order valence-electron chi connectivity index (χ0n) is 15.5. The van der Waals surface area contributed by atoms with Crippen molar-refractivity contribution in [3.8, 4) is 0 Å². The van der Waals surface area contributed by atoms with Gasteiger partial charge in [0.2, 0.25) is 0 Å². The van der Waals surface area contributed by atoms with Crippen LogP contribution in [0.3, 0.4) is 0 Å². The summed E-state index contributed by atoms with van der Waals surface area (Å²) in [6, 6.07) is 13.8. The largest absolute Gasteiger partial charge is 0.300 e. The number of benzene rings is 2. The molecule has 4 nitrogen and oxygen atoms in total. The summed E-state index contributed by atoms with van der Waals surface area (Å²) in [5.74, 6) is -0.393. The molecular formula is C21H22ClNO3S. The van der Waals surface area contributed by atoms with Gasteiger partial charge in [0.15, 0.2) is 9.84 Å². The fourth-order valence-corrected chi connectivity index (χ4v) is 4.51. The number of hydrogen-bond acceptors (Lipinski definition) is 3. The Balaban J connectivity index is 2.00. The quantitative estimate of drug-likeness (QED) is 0.752. The predicted octanol–water partition coefficient (Wildman–Crippen LogP) is 4.60. The van der Waals surface area contributed by atoms with E-state index >= 15 is 0 Å². The number of amides is 1. The lowest BCUT2D eigenvalue weighted by Crippen LogP contribution is -2.41. The molecule has 27 heavy (non-hydrogen) atoms. The van der Waals surface area contributed by atoms with Crippen LogP contribution in [0, 0.1) is 0 Å². The van der Waals surface area contributed by atoms with Gasteiger partial charge in [-0.2, -0.15) is 0 Å². The normalized spacial score (nSPS) is 18.4. The van der Waals surface area contributed by atoms with Gasteiger partial charge in [-0.15, -0.1) is 0 Å². The number of carbonyl (C=O) groups is 1. The Labute approximate surface area is 165 Å². The molecule has 0 radical (unpaired) electrons. The van der Waals surface area contributed by atoms with Crippen molar-refractivity contribution in [3.05, 3.63) is 76.2 Å². The summed E-state index contributed by atoms with van der Waals surface area (Å²) in [4.78, 5) is 14.8. The van der Waals surface area contributed by atoms with E-state index < -0.39 is 15.9 Å². The highest BCUT2D eigenvalue weighted by atomic mass is 35.5. The molecular weight excluding hydrogens is 382 g/mol. The molecule has 142 valence electrons. The molecule has 0 N–H and O–H groups in total. The molecule has 1 heterocycles. The molecule has 3 rings (SSSR count). The first kappa shape index (κ1) is 19.6. The maximum absolute atomic E-state index is 13.3. The fraction of sp³-hybridized carbons (Fsp3) is 0.286. The topological polar surface area (TPSA) is 54.5 Å². The third-order valence-electron chi connectivity index (χ3n) is 4.55. The smallest absolute Gasteiger partial charge is 0.258 e. The lowest BCUT2D eigenvalue weighted by Gasteiger charge is -2.28. The third-order valence-corrected chi connectivity index (χ3v) is 6.16. The molecule has 0 saturated carbocycles. The van der Waals surface area contributed by atoms with Crippen LogP contribution in [0.1, 0.15) is 36.7 Å². The van der Waals surface area contributed by atoms with Gasteiger partial charge in [-0.3, -0.25) is 4.79 Å². The van der Waals surface area contributed by atoms with E-state index in [1.165, 1.54) is 10.3 Å². The van der Waals surface area contributed by atoms with Crippen molar-refractivity contribution in [2.24, 2.45) is 0 Å². The van der Waals surface area contributed by atoms with Crippen LogP contribution in [-0.2, 0) is 15.3 Å². The Morgan fingerprint density at radius 3 is 2.30 bits per heavy atom. The van der Waals surface area contributed by atoms with Crippen molar-refractivity contribution in [2.75, 3.05) is 10.7 Å². The van der Waals surface area contributed by atoms with Crippen LogP contribution >= 0.6 is 11.6 Å². The van der Waals surface area contributed by atoms with E-state index in [0.717, 1.165) is 5.56 Å². The van der Waals surface area contributed by atoms with Crippen molar-refractivity contribution < 1.29 is 13.2 Å². The highest BCUT2D eigenvalue weighted by Gasteiger charge is 2.32. The van der Waals surface area contributed by atoms with E-state index in [1.54, 1.807) is 42.5 Å².